The van der Waals surface area contributed by atoms with E-state index in [2.05, 4.69) is 0 Å². The third-order valence-corrected chi connectivity index (χ3v) is 2.67. The van der Waals surface area contributed by atoms with E-state index in [-0.39, 0.29) is 18.8 Å². The van der Waals surface area contributed by atoms with Gasteiger partial charge in [0.25, 0.3) is 0 Å². The van der Waals surface area contributed by atoms with Crippen LogP contribution in [-0.2, 0) is 9.53 Å². The van der Waals surface area contributed by atoms with E-state index in [1.165, 1.54) is 0 Å². The van der Waals surface area contributed by atoms with Crippen molar-refractivity contribution in [3.8, 4) is 0 Å². The Labute approximate surface area is 89.6 Å². The van der Waals surface area contributed by atoms with E-state index in [1.807, 2.05) is 18.7 Å². The van der Waals surface area contributed by atoms with E-state index in [0.717, 1.165) is 0 Å². The van der Waals surface area contributed by atoms with Gasteiger partial charge in [-0.25, -0.2) is 0 Å². The molecule has 0 amide bonds. The van der Waals surface area contributed by atoms with Gasteiger partial charge in [0, 0.05) is 13.1 Å². The zero-order valence-electron chi connectivity index (χ0n) is 9.22. The maximum Gasteiger partial charge on any atom is 0.320 e. The summed E-state index contributed by atoms with van der Waals surface area (Å²) in [5.41, 5.74) is 0. The molecule has 5 heteroatoms. The fourth-order valence-electron chi connectivity index (χ4n) is 2.03. The molecule has 0 radical (unpaired) electrons. The summed E-state index contributed by atoms with van der Waals surface area (Å²) >= 11 is 0. The molecule has 0 spiro atoms. The number of morpholine rings is 1. The second-order valence-electron chi connectivity index (χ2n) is 3.97. The van der Waals surface area contributed by atoms with Crippen LogP contribution in [0.25, 0.3) is 0 Å². The molecule has 3 unspecified atom stereocenters. The molecule has 1 aliphatic heterocycles. The van der Waals surface area contributed by atoms with Gasteiger partial charge in [-0.2, -0.15) is 0 Å². The van der Waals surface area contributed by atoms with Crippen LogP contribution in [0.5, 0.6) is 0 Å². The highest BCUT2D eigenvalue weighted by Crippen LogP contribution is 2.15. The average molecular weight is 217 g/mol. The van der Waals surface area contributed by atoms with Crippen LogP contribution < -0.4 is 0 Å². The van der Waals surface area contributed by atoms with Gasteiger partial charge in [0.15, 0.2) is 0 Å². The maximum absolute atomic E-state index is 11.0. The summed E-state index contributed by atoms with van der Waals surface area (Å²) in [5.74, 6) is -0.803. The predicted molar refractivity (Wildman–Crippen MR) is 54.7 cm³/mol. The first kappa shape index (κ1) is 12.4. The van der Waals surface area contributed by atoms with Gasteiger partial charge >= 0.3 is 5.97 Å². The van der Waals surface area contributed by atoms with Gasteiger partial charge in [-0.3, -0.25) is 9.69 Å². The monoisotopic (exact) mass is 217 g/mol. The minimum Gasteiger partial charge on any atom is -0.480 e. The second-order valence-corrected chi connectivity index (χ2v) is 3.97. The molecule has 1 saturated heterocycles. The van der Waals surface area contributed by atoms with Crippen molar-refractivity contribution in [3.63, 3.8) is 0 Å². The second kappa shape index (κ2) is 5.44. The van der Waals surface area contributed by atoms with E-state index in [1.54, 1.807) is 0 Å². The third-order valence-electron chi connectivity index (χ3n) is 2.67. The smallest absolute Gasteiger partial charge is 0.320 e. The lowest BCUT2D eigenvalue weighted by molar-refractivity contribution is -0.151. The molecule has 0 aromatic rings. The fraction of sp³-hybridized carbons (Fsp3) is 0.900. The van der Waals surface area contributed by atoms with Gasteiger partial charge in [-0.15, -0.1) is 0 Å². The summed E-state index contributed by atoms with van der Waals surface area (Å²) in [6.45, 7) is 4.79. The molecule has 0 saturated carbocycles. The Hall–Kier alpha value is -0.650. The van der Waals surface area contributed by atoms with E-state index in [0.29, 0.717) is 19.5 Å². The van der Waals surface area contributed by atoms with Crippen LogP contribution in [0.2, 0.25) is 0 Å². The van der Waals surface area contributed by atoms with Crippen LogP contribution in [-0.4, -0.2) is 59.0 Å². The van der Waals surface area contributed by atoms with E-state index < -0.39 is 12.0 Å². The minimum atomic E-state index is -0.803. The molecule has 0 aromatic carbocycles. The number of carboxylic acid groups (broad SMARTS) is 1. The Morgan fingerprint density at radius 2 is 2.27 bits per heavy atom. The molecule has 0 aromatic heterocycles. The first-order valence-corrected chi connectivity index (χ1v) is 5.31. The highest BCUT2D eigenvalue weighted by atomic mass is 16.5. The SMILES string of the molecule is CCC(C(=O)O)N1CC(C)OC(CO)C1. The van der Waals surface area contributed by atoms with Gasteiger partial charge < -0.3 is 14.9 Å². The van der Waals surface area contributed by atoms with Gasteiger partial charge in [0.1, 0.15) is 6.04 Å². The Balaban J connectivity index is 2.63. The van der Waals surface area contributed by atoms with Crippen molar-refractivity contribution in [1.29, 1.82) is 0 Å². The minimum absolute atomic E-state index is 0.0238. The summed E-state index contributed by atoms with van der Waals surface area (Å²) in [6, 6.07) is -0.467. The topological polar surface area (TPSA) is 70.0 Å². The van der Waals surface area contributed by atoms with E-state index in [9.17, 15) is 4.79 Å². The summed E-state index contributed by atoms with van der Waals surface area (Å²) < 4.78 is 5.46. The molecular formula is C10H19NO4. The Morgan fingerprint density at radius 3 is 2.73 bits per heavy atom. The molecule has 1 aliphatic rings. The van der Waals surface area contributed by atoms with Crippen LogP contribution in [0.1, 0.15) is 20.3 Å². The highest BCUT2D eigenvalue weighted by Gasteiger charge is 2.32. The van der Waals surface area contributed by atoms with Gasteiger partial charge in [0.05, 0.1) is 18.8 Å². The van der Waals surface area contributed by atoms with Crippen LogP contribution >= 0.6 is 0 Å². The molecule has 0 aliphatic carbocycles. The number of nitrogens with zero attached hydrogens (tertiary/aromatic N) is 1. The third kappa shape index (κ3) is 3.15. The molecule has 1 rings (SSSR count). The summed E-state index contributed by atoms with van der Waals surface area (Å²) in [4.78, 5) is 12.9. The van der Waals surface area contributed by atoms with E-state index >= 15 is 0 Å². The molecule has 0 bridgehead atoms. The largest absolute Gasteiger partial charge is 0.480 e. The molecule has 1 heterocycles. The standard InChI is InChI=1S/C10H19NO4/c1-3-9(10(13)14)11-4-7(2)15-8(5-11)6-12/h7-9,12H,3-6H2,1-2H3,(H,13,14). The molecule has 2 N–H and O–H groups in total. The fourth-order valence-corrected chi connectivity index (χ4v) is 2.03. The van der Waals surface area contributed by atoms with Crippen molar-refractivity contribution in [2.24, 2.45) is 0 Å². The van der Waals surface area contributed by atoms with Gasteiger partial charge in [-0.05, 0) is 13.3 Å². The maximum atomic E-state index is 11.0. The Bertz CT molecular complexity index is 221. The molecule has 3 atom stereocenters. The highest BCUT2D eigenvalue weighted by molar-refractivity contribution is 5.73. The number of carboxylic acids is 1. The summed E-state index contributed by atoms with van der Waals surface area (Å²) in [6.07, 6.45) is 0.284. The summed E-state index contributed by atoms with van der Waals surface area (Å²) in [7, 11) is 0. The van der Waals surface area contributed by atoms with Crippen molar-refractivity contribution in [2.75, 3.05) is 19.7 Å². The molecular weight excluding hydrogens is 198 g/mol. The molecule has 15 heavy (non-hydrogen) atoms. The van der Waals surface area contributed by atoms with Crippen molar-refractivity contribution < 1.29 is 19.7 Å². The lowest BCUT2D eigenvalue weighted by Crippen LogP contribution is -2.54. The van der Waals surface area contributed by atoms with Crippen molar-refractivity contribution in [3.05, 3.63) is 0 Å². The lowest BCUT2D eigenvalue weighted by Gasteiger charge is -2.38. The van der Waals surface area contributed by atoms with Crippen LogP contribution in [0.15, 0.2) is 0 Å². The number of aliphatic hydroxyl groups excluding tert-OH is 1. The number of aliphatic hydroxyl groups is 1. The number of ether oxygens (including phenoxy) is 1. The normalized spacial score (nSPS) is 30.1. The Morgan fingerprint density at radius 1 is 1.60 bits per heavy atom. The number of hydrogen-bond acceptors (Lipinski definition) is 4. The lowest BCUT2D eigenvalue weighted by atomic mass is 10.1. The Kier molecular flexibility index (Phi) is 4.50. The van der Waals surface area contributed by atoms with Crippen molar-refractivity contribution in [1.82, 2.24) is 4.90 Å². The summed E-state index contributed by atoms with van der Waals surface area (Å²) in [5, 5.41) is 18.0. The van der Waals surface area contributed by atoms with Gasteiger partial charge in [0.2, 0.25) is 0 Å². The molecule has 5 nitrogen and oxygen atoms in total. The van der Waals surface area contributed by atoms with Crippen molar-refractivity contribution >= 4 is 5.97 Å². The molecule has 1 fully saturated rings. The number of hydrogen-bond donors (Lipinski definition) is 2. The zero-order chi connectivity index (χ0) is 11.4. The predicted octanol–water partition coefficient (Wildman–Crippen LogP) is -0.0688. The number of aliphatic carboxylic acids is 1. The average Bonchev–Trinajstić information content (AvgIpc) is 2.17. The van der Waals surface area contributed by atoms with Crippen LogP contribution in [0.4, 0.5) is 0 Å². The van der Waals surface area contributed by atoms with Crippen molar-refractivity contribution in [2.45, 2.75) is 38.5 Å². The number of carbonyl (C=O) groups is 1. The quantitative estimate of drug-likeness (QED) is 0.690. The van der Waals surface area contributed by atoms with E-state index in [4.69, 9.17) is 14.9 Å². The van der Waals surface area contributed by atoms with Crippen LogP contribution in [0.3, 0.4) is 0 Å². The van der Waals surface area contributed by atoms with Gasteiger partial charge in [-0.1, -0.05) is 6.92 Å². The number of rotatable bonds is 4. The zero-order valence-corrected chi connectivity index (χ0v) is 9.22. The first-order valence-electron chi connectivity index (χ1n) is 5.31. The van der Waals surface area contributed by atoms with Crippen LogP contribution in [0, 0.1) is 0 Å². The first-order chi connectivity index (χ1) is 7.08. The molecule has 88 valence electrons.